The Labute approximate surface area is 131 Å². The Morgan fingerprint density at radius 2 is 2.18 bits per heavy atom. The summed E-state index contributed by atoms with van der Waals surface area (Å²) in [5.74, 6) is -0.670. The van der Waals surface area contributed by atoms with E-state index in [1.807, 2.05) is 6.92 Å². The number of carbonyl (C=O) groups excluding carboxylic acids is 1. The van der Waals surface area contributed by atoms with E-state index in [0.717, 1.165) is 11.3 Å². The number of aromatic nitrogens is 2. The molecule has 118 valence electrons. The van der Waals surface area contributed by atoms with Crippen molar-refractivity contribution in [2.24, 2.45) is 0 Å². The number of nitrogens with one attached hydrogen (secondary N) is 2. The number of nitrogens with zero attached hydrogens (tertiary/aromatic N) is 3. The van der Waals surface area contributed by atoms with Crippen molar-refractivity contribution in [2.75, 3.05) is 11.1 Å². The number of carbonyl (C=O) groups is 1. The number of thioether (sulfide) groups is 1. The number of hydrogen-bond donors (Lipinski definition) is 2. The SMILES string of the molecule is CCSc1nnc(N[C@@]2(C(F)(F)F)C(=O)NC(C)=C2C#N)s1. The fraction of sp³-hybridized carbons (Fsp3) is 0.455. The summed E-state index contributed by atoms with van der Waals surface area (Å²) in [5.41, 5.74) is -3.99. The molecule has 1 aliphatic heterocycles. The van der Waals surface area contributed by atoms with Gasteiger partial charge in [-0.1, -0.05) is 30.0 Å². The smallest absolute Gasteiger partial charge is 0.334 e. The van der Waals surface area contributed by atoms with Gasteiger partial charge in [-0.3, -0.25) is 4.79 Å². The second kappa shape index (κ2) is 5.77. The zero-order valence-electron chi connectivity index (χ0n) is 11.4. The quantitative estimate of drug-likeness (QED) is 0.811. The number of hydrogen-bond acceptors (Lipinski definition) is 7. The van der Waals surface area contributed by atoms with E-state index >= 15 is 0 Å². The van der Waals surface area contributed by atoms with E-state index in [-0.39, 0.29) is 10.8 Å². The number of nitriles is 1. The van der Waals surface area contributed by atoms with Gasteiger partial charge in [0.1, 0.15) is 0 Å². The molecule has 0 saturated carbocycles. The molecule has 22 heavy (non-hydrogen) atoms. The van der Waals surface area contributed by atoms with Crippen LogP contribution in [-0.4, -0.2) is 33.6 Å². The first-order chi connectivity index (χ1) is 10.3. The maximum atomic E-state index is 13.6. The minimum Gasteiger partial charge on any atom is -0.334 e. The fourth-order valence-electron chi connectivity index (χ4n) is 1.95. The number of allylic oxidation sites excluding steroid dienone is 1. The van der Waals surface area contributed by atoms with Crippen LogP contribution < -0.4 is 10.6 Å². The van der Waals surface area contributed by atoms with E-state index in [9.17, 15) is 18.0 Å². The zero-order valence-corrected chi connectivity index (χ0v) is 13.0. The lowest BCUT2D eigenvalue weighted by atomic mass is 9.90. The third-order valence-corrected chi connectivity index (χ3v) is 4.75. The number of anilines is 1. The van der Waals surface area contributed by atoms with Crippen molar-refractivity contribution in [3.63, 3.8) is 0 Å². The zero-order chi connectivity index (χ0) is 16.5. The number of alkyl halides is 3. The molecule has 2 N–H and O–H groups in total. The highest BCUT2D eigenvalue weighted by atomic mass is 32.2. The first-order valence-electron chi connectivity index (χ1n) is 6.00. The Morgan fingerprint density at radius 3 is 2.73 bits per heavy atom. The van der Waals surface area contributed by atoms with E-state index in [1.54, 1.807) is 0 Å². The monoisotopic (exact) mass is 349 g/mol. The molecule has 0 bridgehead atoms. The van der Waals surface area contributed by atoms with Gasteiger partial charge in [-0.25, -0.2) is 0 Å². The summed E-state index contributed by atoms with van der Waals surface area (Å²) in [6.07, 6.45) is -5.01. The topological polar surface area (TPSA) is 90.7 Å². The van der Waals surface area contributed by atoms with Crippen LogP contribution in [-0.2, 0) is 4.79 Å². The van der Waals surface area contributed by atoms with Crippen molar-refractivity contribution >= 4 is 34.1 Å². The van der Waals surface area contributed by atoms with Crippen molar-refractivity contribution in [2.45, 2.75) is 29.9 Å². The summed E-state index contributed by atoms with van der Waals surface area (Å²) >= 11 is 2.21. The van der Waals surface area contributed by atoms with Crippen molar-refractivity contribution in [1.82, 2.24) is 15.5 Å². The highest BCUT2D eigenvalue weighted by molar-refractivity contribution is 8.01. The highest BCUT2D eigenvalue weighted by Crippen LogP contribution is 2.43. The predicted octanol–water partition coefficient (Wildman–Crippen LogP) is 2.29. The highest BCUT2D eigenvalue weighted by Gasteiger charge is 2.67. The average Bonchev–Trinajstić information content (AvgIpc) is 2.93. The number of rotatable bonds is 4. The number of amides is 1. The largest absolute Gasteiger partial charge is 0.425 e. The first-order valence-corrected chi connectivity index (χ1v) is 7.80. The van der Waals surface area contributed by atoms with E-state index in [1.165, 1.54) is 24.8 Å². The second-order valence-corrected chi connectivity index (χ2v) is 6.73. The second-order valence-electron chi connectivity index (χ2n) is 4.24. The molecule has 1 aromatic heterocycles. The molecule has 0 fully saturated rings. The van der Waals surface area contributed by atoms with Crippen LogP contribution in [0, 0.1) is 11.3 Å². The third-order valence-electron chi connectivity index (χ3n) is 2.90. The van der Waals surface area contributed by atoms with Crippen LogP contribution >= 0.6 is 23.1 Å². The van der Waals surface area contributed by atoms with Crippen molar-refractivity contribution in [3.8, 4) is 6.07 Å². The van der Waals surface area contributed by atoms with Gasteiger partial charge in [-0.15, -0.1) is 10.2 Å². The lowest BCUT2D eigenvalue weighted by Crippen LogP contribution is -2.59. The summed E-state index contributed by atoms with van der Waals surface area (Å²) in [6.45, 7) is 3.10. The van der Waals surface area contributed by atoms with Crippen LogP contribution in [0.1, 0.15) is 13.8 Å². The van der Waals surface area contributed by atoms with Gasteiger partial charge in [0.25, 0.3) is 11.4 Å². The summed E-state index contributed by atoms with van der Waals surface area (Å²) in [5, 5.41) is 20.3. The molecule has 0 saturated heterocycles. The summed E-state index contributed by atoms with van der Waals surface area (Å²) in [6, 6.07) is 1.46. The summed E-state index contributed by atoms with van der Waals surface area (Å²) in [7, 11) is 0. The van der Waals surface area contributed by atoms with Gasteiger partial charge < -0.3 is 10.6 Å². The fourth-order valence-corrected chi connectivity index (χ4v) is 3.66. The molecular weight excluding hydrogens is 339 g/mol. The van der Waals surface area contributed by atoms with E-state index < -0.39 is 23.2 Å². The molecule has 1 aliphatic rings. The molecule has 2 heterocycles. The Morgan fingerprint density at radius 1 is 1.50 bits per heavy atom. The Balaban J connectivity index is 2.48. The summed E-state index contributed by atoms with van der Waals surface area (Å²) < 4.78 is 41.2. The molecule has 0 spiro atoms. The van der Waals surface area contributed by atoms with Gasteiger partial charge in [-0.2, -0.15) is 18.4 Å². The van der Waals surface area contributed by atoms with E-state index in [4.69, 9.17) is 5.26 Å². The van der Waals surface area contributed by atoms with Gasteiger partial charge in [0.2, 0.25) is 5.13 Å². The molecular formula is C11H10F3N5OS2. The van der Waals surface area contributed by atoms with Gasteiger partial charge in [0, 0.05) is 5.70 Å². The molecule has 1 atom stereocenters. The van der Waals surface area contributed by atoms with E-state index in [0.29, 0.717) is 10.1 Å². The van der Waals surface area contributed by atoms with Crippen LogP contribution in [0.15, 0.2) is 15.6 Å². The molecule has 0 aliphatic carbocycles. The lowest BCUT2D eigenvalue weighted by Gasteiger charge is -2.29. The Bertz CT molecular complexity index is 678. The maximum Gasteiger partial charge on any atom is 0.425 e. The van der Waals surface area contributed by atoms with Crippen LogP contribution in [0.3, 0.4) is 0 Å². The van der Waals surface area contributed by atoms with Crippen LogP contribution in [0.5, 0.6) is 0 Å². The maximum absolute atomic E-state index is 13.6. The molecule has 0 radical (unpaired) electrons. The van der Waals surface area contributed by atoms with Gasteiger partial charge in [0.05, 0.1) is 11.6 Å². The van der Waals surface area contributed by atoms with Crippen molar-refractivity contribution in [1.29, 1.82) is 5.26 Å². The van der Waals surface area contributed by atoms with E-state index in [2.05, 4.69) is 20.8 Å². The average molecular weight is 349 g/mol. The van der Waals surface area contributed by atoms with Gasteiger partial charge in [-0.05, 0) is 12.7 Å². The molecule has 6 nitrogen and oxygen atoms in total. The van der Waals surface area contributed by atoms with Gasteiger partial charge in [0.15, 0.2) is 4.34 Å². The van der Waals surface area contributed by atoms with Crippen LogP contribution in [0.25, 0.3) is 0 Å². The summed E-state index contributed by atoms with van der Waals surface area (Å²) in [4.78, 5) is 11.9. The molecule has 1 aromatic rings. The van der Waals surface area contributed by atoms with Crippen molar-refractivity contribution in [3.05, 3.63) is 11.3 Å². The van der Waals surface area contributed by atoms with Crippen LogP contribution in [0.2, 0.25) is 0 Å². The molecule has 2 rings (SSSR count). The molecule has 0 unspecified atom stereocenters. The minimum atomic E-state index is -5.01. The molecule has 0 aromatic carbocycles. The van der Waals surface area contributed by atoms with Crippen molar-refractivity contribution < 1.29 is 18.0 Å². The van der Waals surface area contributed by atoms with Crippen LogP contribution in [0.4, 0.5) is 18.3 Å². The molecule has 11 heteroatoms. The first kappa shape index (κ1) is 16.6. The lowest BCUT2D eigenvalue weighted by molar-refractivity contribution is -0.174. The third kappa shape index (κ3) is 2.52. The molecule has 1 amide bonds. The Kier molecular flexibility index (Phi) is 4.35. The minimum absolute atomic E-state index is 0.134. The Hall–Kier alpha value is -1.80. The van der Waals surface area contributed by atoms with Gasteiger partial charge >= 0.3 is 6.18 Å². The standard InChI is InChI=1S/C11H10F3N5OS2/c1-3-21-9-19-18-8(22-9)17-10(11(12,13)14)6(4-15)5(2)16-7(10)20/h3H2,1-2H3,(H,16,20)(H,17,18)/t10-/m1/s1. The normalized spacial score (nSPS) is 21.7. The number of halogens is 3. The predicted molar refractivity (Wildman–Crippen MR) is 75.2 cm³/mol.